The average molecular weight is 785 g/mol. The number of hydrogen-bond acceptors (Lipinski definition) is 2. The van der Waals surface area contributed by atoms with Crippen molar-refractivity contribution in [2.75, 3.05) is 10.2 Å². The molecule has 0 aromatic heterocycles. The van der Waals surface area contributed by atoms with E-state index in [1.54, 1.807) is 0 Å². The predicted molar refractivity (Wildman–Crippen MR) is 260 cm³/mol. The number of nitrogens with one attached hydrogen (secondary N) is 1. The Bertz CT molecular complexity index is 3010. The second-order valence-electron chi connectivity index (χ2n) is 16.9. The number of rotatable bonds is 8. The number of hydrogen-bond donors (Lipinski definition) is 1. The minimum absolute atomic E-state index is 0.286. The summed E-state index contributed by atoms with van der Waals surface area (Å²) in [5.74, 6) is 1.07. The van der Waals surface area contributed by atoms with Crippen molar-refractivity contribution in [1.82, 2.24) is 0 Å². The molecule has 0 fully saturated rings. The van der Waals surface area contributed by atoms with E-state index in [-0.39, 0.29) is 5.92 Å². The van der Waals surface area contributed by atoms with E-state index < -0.39 is 0 Å². The molecule has 0 saturated carbocycles. The number of anilines is 5. The van der Waals surface area contributed by atoms with Gasteiger partial charge in [0.1, 0.15) is 0 Å². The van der Waals surface area contributed by atoms with Gasteiger partial charge in [0.05, 0.1) is 5.69 Å². The van der Waals surface area contributed by atoms with Crippen LogP contribution in [0.2, 0.25) is 0 Å². The summed E-state index contributed by atoms with van der Waals surface area (Å²) in [7, 11) is 0. The molecular weight excluding hydrogens is 737 g/mol. The van der Waals surface area contributed by atoms with Crippen molar-refractivity contribution in [3.63, 3.8) is 0 Å². The van der Waals surface area contributed by atoms with Gasteiger partial charge in [0.25, 0.3) is 0 Å². The maximum absolute atomic E-state index is 3.97. The summed E-state index contributed by atoms with van der Waals surface area (Å²) in [5, 5.41) is 6.71. The minimum Gasteiger partial charge on any atom is -0.355 e. The van der Waals surface area contributed by atoms with Crippen LogP contribution in [-0.2, 0) is 6.42 Å². The lowest BCUT2D eigenvalue weighted by Crippen LogP contribution is -2.13. The highest BCUT2D eigenvalue weighted by Crippen LogP contribution is 2.49. The molecule has 294 valence electrons. The van der Waals surface area contributed by atoms with Crippen molar-refractivity contribution in [1.29, 1.82) is 0 Å². The Morgan fingerprint density at radius 3 is 1.84 bits per heavy atom. The van der Waals surface area contributed by atoms with Gasteiger partial charge in [0, 0.05) is 40.1 Å². The van der Waals surface area contributed by atoms with Crippen LogP contribution in [0.4, 0.5) is 28.4 Å². The van der Waals surface area contributed by atoms with Gasteiger partial charge in [-0.2, -0.15) is 0 Å². The zero-order chi connectivity index (χ0) is 40.9. The Morgan fingerprint density at radius 1 is 0.525 bits per heavy atom. The van der Waals surface area contributed by atoms with Crippen LogP contribution in [0.3, 0.4) is 0 Å². The Kier molecular flexibility index (Phi) is 9.35. The van der Waals surface area contributed by atoms with Crippen LogP contribution in [0, 0.1) is 5.92 Å². The van der Waals surface area contributed by atoms with Crippen molar-refractivity contribution < 1.29 is 0 Å². The Labute approximate surface area is 359 Å². The van der Waals surface area contributed by atoms with Crippen LogP contribution in [0.1, 0.15) is 59.9 Å². The molecule has 3 atom stereocenters. The fourth-order valence-electron chi connectivity index (χ4n) is 10.2. The summed E-state index contributed by atoms with van der Waals surface area (Å²) >= 11 is 0. The number of aryl methyl sites for hydroxylation is 1. The van der Waals surface area contributed by atoms with E-state index in [9.17, 15) is 0 Å². The van der Waals surface area contributed by atoms with Crippen LogP contribution in [0.25, 0.3) is 50.2 Å². The molecule has 11 rings (SSSR count). The quantitative estimate of drug-likeness (QED) is 0.165. The van der Waals surface area contributed by atoms with Crippen LogP contribution in [0.15, 0.2) is 200 Å². The number of allylic oxidation sites excluding steroid dienone is 5. The third kappa shape index (κ3) is 6.60. The molecule has 2 nitrogen and oxygen atoms in total. The number of nitrogens with zero attached hydrogens (tertiary/aromatic N) is 1. The zero-order valence-electron chi connectivity index (χ0n) is 34.7. The van der Waals surface area contributed by atoms with Gasteiger partial charge in [-0.05, 0) is 134 Å². The highest BCUT2D eigenvalue weighted by molar-refractivity contribution is 6.00. The summed E-state index contributed by atoms with van der Waals surface area (Å²) in [4.78, 5) is 2.39. The van der Waals surface area contributed by atoms with E-state index in [0.29, 0.717) is 11.8 Å². The largest absolute Gasteiger partial charge is 0.355 e. The molecule has 3 aliphatic carbocycles. The Morgan fingerprint density at radius 2 is 1.11 bits per heavy atom. The van der Waals surface area contributed by atoms with E-state index in [2.05, 4.69) is 230 Å². The molecule has 8 aromatic rings. The molecule has 61 heavy (non-hydrogen) atoms. The minimum atomic E-state index is 0.286. The van der Waals surface area contributed by atoms with E-state index in [0.717, 1.165) is 35.6 Å². The molecule has 0 heterocycles. The van der Waals surface area contributed by atoms with Crippen molar-refractivity contribution in [3.05, 3.63) is 228 Å². The van der Waals surface area contributed by atoms with Gasteiger partial charge in [-0.1, -0.05) is 172 Å². The fourth-order valence-corrected chi connectivity index (χ4v) is 10.2. The number of fused-ring (bicyclic) bond motifs is 6. The van der Waals surface area contributed by atoms with Gasteiger partial charge in [0.2, 0.25) is 0 Å². The summed E-state index contributed by atoms with van der Waals surface area (Å²) < 4.78 is 0. The topological polar surface area (TPSA) is 15.3 Å². The van der Waals surface area contributed by atoms with Crippen LogP contribution in [-0.4, -0.2) is 0 Å². The van der Waals surface area contributed by atoms with Crippen molar-refractivity contribution in [2.24, 2.45) is 5.92 Å². The number of benzene rings is 8. The summed E-state index contributed by atoms with van der Waals surface area (Å²) in [6.45, 7) is 4.66. The highest BCUT2D eigenvalue weighted by atomic mass is 15.1. The Balaban J connectivity index is 0.933. The fraction of sp³-hybridized carbons (Fsp3) is 0.119. The lowest BCUT2D eigenvalue weighted by atomic mass is 9.77. The third-order valence-corrected chi connectivity index (χ3v) is 13.3. The molecule has 3 aliphatic rings. The molecule has 0 saturated heterocycles. The molecule has 0 radical (unpaired) electrons. The lowest BCUT2D eigenvalue weighted by molar-refractivity contribution is 0.640. The maximum Gasteiger partial charge on any atom is 0.0505 e. The predicted octanol–water partition coefficient (Wildman–Crippen LogP) is 16.3. The van der Waals surface area contributed by atoms with Crippen molar-refractivity contribution in [2.45, 2.75) is 38.5 Å². The van der Waals surface area contributed by atoms with Crippen LogP contribution < -0.4 is 10.2 Å². The zero-order valence-corrected chi connectivity index (χ0v) is 34.7. The second kappa shape index (κ2) is 15.5. The normalized spacial score (nSPS) is 17.2. The monoisotopic (exact) mass is 784 g/mol. The van der Waals surface area contributed by atoms with E-state index in [1.807, 2.05) is 0 Å². The van der Waals surface area contributed by atoms with Gasteiger partial charge in [-0.15, -0.1) is 0 Å². The molecule has 0 amide bonds. The summed E-state index contributed by atoms with van der Waals surface area (Å²) in [6, 6.07) is 62.6. The standard InChI is InChI=1S/C59H48N2/c1-39-14-6-7-17-49(39)58-55-22-12-10-20-53(55)54-21-11-13-23-56(54)59(58)60-45-30-24-42(25-31-45)44-28-34-47(35-29-44)61(46-32-26-43(27-33-46)41-15-4-3-5-16-41)48-36-37-51-40(2)50-18-8-9-19-52(50)57(51)38-48/h3-10,12-20,22-40,49,60H,11,21H2,1-2H3. The van der Waals surface area contributed by atoms with E-state index in [4.69, 9.17) is 0 Å². The first-order chi connectivity index (χ1) is 30.1. The van der Waals surface area contributed by atoms with E-state index >= 15 is 0 Å². The SMILES string of the molecule is CC1c2ccccc2-c2cc(N(c3ccc(-c4ccccc4)cc3)c3ccc(-c4ccc(Nc5c6c(c7ccccc7c5C5C=CC=CC5C)CCC=C6)cc4)cc3)ccc21. The van der Waals surface area contributed by atoms with Crippen molar-refractivity contribution >= 4 is 45.3 Å². The van der Waals surface area contributed by atoms with Crippen LogP contribution >= 0.6 is 0 Å². The first kappa shape index (κ1) is 36.9. The molecule has 3 unspecified atom stereocenters. The summed E-state index contributed by atoms with van der Waals surface area (Å²) in [6.07, 6.45) is 15.9. The molecule has 2 heteroatoms. The van der Waals surface area contributed by atoms with Gasteiger partial charge in [0.15, 0.2) is 0 Å². The molecule has 1 N–H and O–H groups in total. The smallest absolute Gasteiger partial charge is 0.0505 e. The first-order valence-electron chi connectivity index (χ1n) is 21.8. The van der Waals surface area contributed by atoms with Crippen molar-refractivity contribution in [3.8, 4) is 33.4 Å². The van der Waals surface area contributed by atoms with Gasteiger partial charge in [-0.3, -0.25) is 0 Å². The Hall–Kier alpha value is -7.16. The average Bonchev–Trinajstić information content (AvgIpc) is 3.61. The van der Waals surface area contributed by atoms with Gasteiger partial charge < -0.3 is 10.2 Å². The molecule has 8 aromatic carbocycles. The second-order valence-corrected chi connectivity index (χ2v) is 16.9. The molecular formula is C59H48N2. The maximum atomic E-state index is 3.97. The first-order valence-corrected chi connectivity index (χ1v) is 21.8. The van der Waals surface area contributed by atoms with E-state index in [1.165, 1.54) is 77.7 Å². The third-order valence-electron chi connectivity index (χ3n) is 13.3. The highest BCUT2D eigenvalue weighted by Gasteiger charge is 2.28. The summed E-state index contributed by atoms with van der Waals surface area (Å²) in [5.41, 5.74) is 20.2. The molecule has 0 bridgehead atoms. The van der Waals surface area contributed by atoms with Gasteiger partial charge in [-0.25, -0.2) is 0 Å². The molecule has 0 spiro atoms. The van der Waals surface area contributed by atoms with Gasteiger partial charge >= 0.3 is 0 Å². The molecule has 0 aliphatic heterocycles. The van der Waals surface area contributed by atoms with Crippen LogP contribution in [0.5, 0.6) is 0 Å². The lowest BCUT2D eigenvalue weighted by Gasteiger charge is -2.30.